The second-order valence-corrected chi connectivity index (χ2v) is 8.33. The fraction of sp³-hybridized carbons (Fsp3) is 0.300. The van der Waals surface area contributed by atoms with E-state index in [4.69, 9.17) is 16.6 Å². The number of fused-ring (bicyclic) bond motifs is 1. The molecule has 1 saturated heterocycles. The van der Waals surface area contributed by atoms with Gasteiger partial charge in [0.15, 0.2) is 0 Å². The van der Waals surface area contributed by atoms with Crippen LogP contribution in [0.3, 0.4) is 0 Å². The Bertz CT molecular complexity index is 954. The van der Waals surface area contributed by atoms with E-state index in [-0.39, 0.29) is 10.9 Å². The second-order valence-electron chi connectivity index (χ2n) is 6.80. The number of hydrogen-bond acceptors (Lipinski definition) is 5. The van der Waals surface area contributed by atoms with Gasteiger partial charge in [0, 0.05) is 31.9 Å². The first-order chi connectivity index (χ1) is 13.6. The number of carbonyl (C=O) groups excluding carboxylic acids is 1. The lowest BCUT2D eigenvalue weighted by atomic mass is 10.3. The SMILES string of the molecule is O=C(CN1CCN(Cc2nc3ccccc3s2)CC1)Nc1ccc(F)c(Cl)c1. The van der Waals surface area contributed by atoms with Crippen molar-refractivity contribution in [1.29, 1.82) is 0 Å². The number of piperazine rings is 1. The molecule has 3 aromatic rings. The van der Waals surface area contributed by atoms with E-state index < -0.39 is 5.82 Å². The van der Waals surface area contributed by atoms with Gasteiger partial charge >= 0.3 is 0 Å². The molecule has 28 heavy (non-hydrogen) atoms. The lowest BCUT2D eigenvalue weighted by Gasteiger charge is -2.33. The van der Waals surface area contributed by atoms with Gasteiger partial charge in [-0.15, -0.1) is 11.3 Å². The van der Waals surface area contributed by atoms with Gasteiger partial charge < -0.3 is 5.32 Å². The summed E-state index contributed by atoms with van der Waals surface area (Å²) in [6.45, 7) is 4.58. The van der Waals surface area contributed by atoms with E-state index >= 15 is 0 Å². The first-order valence-electron chi connectivity index (χ1n) is 9.11. The van der Waals surface area contributed by atoms with Gasteiger partial charge in [-0.25, -0.2) is 9.37 Å². The third-order valence-corrected chi connectivity index (χ3v) is 6.04. The van der Waals surface area contributed by atoms with E-state index in [2.05, 4.69) is 21.2 Å². The van der Waals surface area contributed by atoms with Crippen LogP contribution < -0.4 is 5.32 Å². The van der Waals surface area contributed by atoms with Crippen molar-refractivity contribution in [3.8, 4) is 0 Å². The third-order valence-electron chi connectivity index (χ3n) is 4.73. The quantitative estimate of drug-likeness (QED) is 0.683. The Labute approximate surface area is 171 Å². The number of amides is 1. The zero-order valence-corrected chi connectivity index (χ0v) is 16.8. The number of thiazole rings is 1. The predicted octanol–water partition coefficient (Wildman–Crippen LogP) is 3.85. The van der Waals surface area contributed by atoms with Crippen molar-refractivity contribution in [2.75, 3.05) is 38.0 Å². The van der Waals surface area contributed by atoms with Crippen LogP contribution in [0.2, 0.25) is 5.02 Å². The minimum Gasteiger partial charge on any atom is -0.325 e. The molecule has 0 aliphatic carbocycles. The summed E-state index contributed by atoms with van der Waals surface area (Å²) in [7, 11) is 0. The van der Waals surface area contributed by atoms with Gasteiger partial charge in [-0.2, -0.15) is 0 Å². The number of para-hydroxylation sites is 1. The van der Waals surface area contributed by atoms with Crippen molar-refractivity contribution in [1.82, 2.24) is 14.8 Å². The van der Waals surface area contributed by atoms with E-state index in [1.165, 1.54) is 22.9 Å². The molecule has 1 aliphatic rings. The second kappa shape index (κ2) is 8.53. The van der Waals surface area contributed by atoms with Crippen molar-refractivity contribution < 1.29 is 9.18 Å². The van der Waals surface area contributed by atoms with Crippen LogP contribution in [0.4, 0.5) is 10.1 Å². The number of carbonyl (C=O) groups is 1. The van der Waals surface area contributed by atoms with Gasteiger partial charge in [0.1, 0.15) is 10.8 Å². The fourth-order valence-corrected chi connectivity index (χ4v) is 4.45. The zero-order valence-electron chi connectivity index (χ0n) is 15.2. The van der Waals surface area contributed by atoms with E-state index in [0.717, 1.165) is 43.2 Å². The van der Waals surface area contributed by atoms with Crippen LogP contribution in [0.25, 0.3) is 10.2 Å². The number of nitrogens with one attached hydrogen (secondary N) is 1. The lowest BCUT2D eigenvalue weighted by molar-refractivity contribution is -0.117. The van der Waals surface area contributed by atoms with E-state index in [1.54, 1.807) is 11.3 Å². The van der Waals surface area contributed by atoms with E-state index in [0.29, 0.717) is 12.2 Å². The number of aromatic nitrogens is 1. The fourth-order valence-electron chi connectivity index (χ4n) is 3.26. The maximum Gasteiger partial charge on any atom is 0.238 e. The largest absolute Gasteiger partial charge is 0.325 e. The molecule has 2 heterocycles. The van der Waals surface area contributed by atoms with Gasteiger partial charge in [-0.05, 0) is 30.3 Å². The summed E-state index contributed by atoms with van der Waals surface area (Å²) in [4.78, 5) is 21.4. The van der Waals surface area contributed by atoms with Gasteiger partial charge in [0.2, 0.25) is 5.91 Å². The normalized spacial score (nSPS) is 15.8. The molecule has 0 spiro atoms. The number of nitrogens with zero attached hydrogens (tertiary/aromatic N) is 3. The summed E-state index contributed by atoms with van der Waals surface area (Å²) in [5.74, 6) is -0.619. The zero-order chi connectivity index (χ0) is 19.5. The molecule has 1 aliphatic heterocycles. The topological polar surface area (TPSA) is 48.5 Å². The molecule has 0 radical (unpaired) electrons. The molecule has 0 bridgehead atoms. The summed E-state index contributed by atoms with van der Waals surface area (Å²) in [5.41, 5.74) is 1.56. The Balaban J connectivity index is 1.25. The molecule has 4 rings (SSSR count). The summed E-state index contributed by atoms with van der Waals surface area (Å²) >= 11 is 7.49. The van der Waals surface area contributed by atoms with Crippen LogP contribution >= 0.6 is 22.9 Å². The van der Waals surface area contributed by atoms with Gasteiger partial charge in [0.05, 0.1) is 28.3 Å². The highest BCUT2D eigenvalue weighted by Gasteiger charge is 2.20. The summed E-state index contributed by atoms with van der Waals surface area (Å²) in [5, 5.41) is 3.90. The maximum absolute atomic E-state index is 13.2. The van der Waals surface area contributed by atoms with E-state index in [9.17, 15) is 9.18 Å². The highest BCUT2D eigenvalue weighted by atomic mass is 35.5. The first-order valence-corrected chi connectivity index (χ1v) is 10.3. The minimum atomic E-state index is -0.496. The summed E-state index contributed by atoms with van der Waals surface area (Å²) in [6.07, 6.45) is 0. The Morgan fingerprint density at radius 3 is 2.64 bits per heavy atom. The van der Waals surface area contributed by atoms with Crippen molar-refractivity contribution in [3.63, 3.8) is 0 Å². The number of benzene rings is 2. The summed E-state index contributed by atoms with van der Waals surface area (Å²) in [6, 6.07) is 12.4. The monoisotopic (exact) mass is 418 g/mol. The van der Waals surface area contributed by atoms with E-state index in [1.807, 2.05) is 18.2 Å². The minimum absolute atomic E-state index is 0.00117. The van der Waals surface area contributed by atoms with Crippen LogP contribution in [-0.2, 0) is 11.3 Å². The Kier molecular flexibility index (Phi) is 5.87. The molecule has 1 N–H and O–H groups in total. The average molecular weight is 419 g/mol. The van der Waals surface area contributed by atoms with Gasteiger partial charge in [0.25, 0.3) is 0 Å². The molecular formula is C20H20ClFN4OS. The number of anilines is 1. The number of hydrogen-bond donors (Lipinski definition) is 1. The van der Waals surface area contributed by atoms with Crippen molar-refractivity contribution >= 4 is 44.7 Å². The molecule has 146 valence electrons. The molecule has 0 unspecified atom stereocenters. The highest BCUT2D eigenvalue weighted by molar-refractivity contribution is 7.18. The van der Waals surface area contributed by atoms with Crippen molar-refractivity contribution in [3.05, 3.63) is 58.3 Å². The molecule has 1 aromatic heterocycles. The molecule has 1 fully saturated rings. The number of rotatable bonds is 5. The van der Waals surface area contributed by atoms with Crippen LogP contribution in [0.1, 0.15) is 5.01 Å². The number of halogens is 2. The molecule has 0 saturated carbocycles. The molecule has 5 nitrogen and oxygen atoms in total. The first kappa shape index (κ1) is 19.3. The Morgan fingerprint density at radius 1 is 1.14 bits per heavy atom. The van der Waals surface area contributed by atoms with Crippen LogP contribution in [0.5, 0.6) is 0 Å². The van der Waals surface area contributed by atoms with Crippen LogP contribution in [0, 0.1) is 5.82 Å². The molecular weight excluding hydrogens is 399 g/mol. The van der Waals surface area contributed by atoms with Crippen LogP contribution in [-0.4, -0.2) is 53.4 Å². The Hall–Kier alpha value is -2.06. The summed E-state index contributed by atoms with van der Waals surface area (Å²) < 4.78 is 14.4. The Morgan fingerprint density at radius 2 is 1.89 bits per heavy atom. The predicted molar refractivity (Wildman–Crippen MR) is 111 cm³/mol. The molecule has 8 heteroatoms. The van der Waals surface area contributed by atoms with Crippen molar-refractivity contribution in [2.24, 2.45) is 0 Å². The lowest BCUT2D eigenvalue weighted by Crippen LogP contribution is -2.48. The smallest absolute Gasteiger partial charge is 0.238 e. The average Bonchev–Trinajstić information content (AvgIpc) is 3.08. The van der Waals surface area contributed by atoms with Gasteiger partial charge in [-0.1, -0.05) is 23.7 Å². The molecule has 0 atom stereocenters. The molecule has 1 amide bonds. The highest BCUT2D eigenvalue weighted by Crippen LogP contribution is 2.23. The van der Waals surface area contributed by atoms with Crippen LogP contribution in [0.15, 0.2) is 42.5 Å². The van der Waals surface area contributed by atoms with Gasteiger partial charge in [-0.3, -0.25) is 14.6 Å². The maximum atomic E-state index is 13.2. The standard InChI is InChI=1S/C20H20ClFN4OS/c21-15-11-14(5-6-16(15)22)23-19(27)12-25-7-9-26(10-8-25)13-20-24-17-3-1-2-4-18(17)28-20/h1-6,11H,7-10,12-13H2,(H,23,27). The third kappa shape index (κ3) is 4.67. The van der Waals surface area contributed by atoms with Crippen molar-refractivity contribution in [2.45, 2.75) is 6.54 Å². The molecule has 2 aromatic carbocycles.